The molecule has 1 N–H and O–H groups in total. The number of allylic oxidation sites excluding steroid dienone is 2. The van der Waals surface area contributed by atoms with Crippen LogP contribution in [0.25, 0.3) is 0 Å². The van der Waals surface area contributed by atoms with Gasteiger partial charge in [-0.05, 0) is 50.8 Å². The van der Waals surface area contributed by atoms with E-state index in [-0.39, 0.29) is 23.8 Å². The third kappa shape index (κ3) is 5.87. The van der Waals surface area contributed by atoms with Crippen LogP contribution in [0.2, 0.25) is 0 Å². The maximum atomic E-state index is 12.4. The van der Waals surface area contributed by atoms with E-state index in [9.17, 15) is 18.0 Å². The molecule has 0 saturated heterocycles. The number of amides is 1. The van der Waals surface area contributed by atoms with Gasteiger partial charge in [0.15, 0.2) is 6.61 Å². The molecule has 0 saturated carbocycles. The Hall–Kier alpha value is -2.35. The van der Waals surface area contributed by atoms with Gasteiger partial charge in [-0.1, -0.05) is 12.1 Å². The summed E-state index contributed by atoms with van der Waals surface area (Å²) in [6.45, 7) is 2.05. The fourth-order valence-corrected chi connectivity index (χ4v) is 3.37. The van der Waals surface area contributed by atoms with Gasteiger partial charge in [-0.15, -0.1) is 0 Å². The van der Waals surface area contributed by atoms with Crippen molar-refractivity contribution >= 4 is 27.6 Å². The number of nitrogens with one attached hydrogen (secondary N) is 1. The molecule has 0 aliphatic heterocycles. The van der Waals surface area contributed by atoms with Gasteiger partial charge in [0.25, 0.3) is 5.91 Å². The maximum Gasteiger partial charge on any atom is 0.338 e. The number of nitrogens with zero attached hydrogens (tertiary/aromatic N) is 1. The number of carbonyl (C=O) groups is 2. The van der Waals surface area contributed by atoms with Crippen molar-refractivity contribution in [1.29, 1.82) is 0 Å². The third-order valence-corrected chi connectivity index (χ3v) is 4.57. The number of rotatable bonds is 7. The van der Waals surface area contributed by atoms with Crippen LogP contribution < -0.4 is 4.72 Å². The van der Waals surface area contributed by atoms with Gasteiger partial charge in [0.05, 0.1) is 11.8 Å². The Kier molecular flexibility index (Phi) is 6.79. The van der Waals surface area contributed by atoms with Gasteiger partial charge in [-0.2, -0.15) is 0 Å². The molecule has 0 atom stereocenters. The van der Waals surface area contributed by atoms with Gasteiger partial charge in [0.2, 0.25) is 10.0 Å². The zero-order valence-corrected chi connectivity index (χ0v) is 15.8. The van der Waals surface area contributed by atoms with Crippen molar-refractivity contribution in [2.75, 3.05) is 24.1 Å². The Morgan fingerprint density at radius 2 is 2.04 bits per heavy atom. The molecule has 0 bridgehead atoms. The number of anilines is 1. The molecule has 0 heterocycles. The predicted molar refractivity (Wildman–Crippen MR) is 99.1 cm³/mol. The highest BCUT2D eigenvalue weighted by Crippen LogP contribution is 2.21. The van der Waals surface area contributed by atoms with Crippen LogP contribution >= 0.6 is 0 Å². The van der Waals surface area contributed by atoms with Crippen LogP contribution in [-0.4, -0.2) is 44.6 Å². The van der Waals surface area contributed by atoms with E-state index in [0.29, 0.717) is 6.54 Å². The highest BCUT2D eigenvalue weighted by molar-refractivity contribution is 7.92. The smallest absolute Gasteiger partial charge is 0.338 e. The molecule has 1 aromatic rings. The van der Waals surface area contributed by atoms with Crippen molar-refractivity contribution in [2.45, 2.75) is 32.6 Å². The highest BCUT2D eigenvalue weighted by Gasteiger charge is 2.20. The molecule has 142 valence electrons. The zero-order chi connectivity index (χ0) is 19.2. The first-order valence-corrected chi connectivity index (χ1v) is 10.4. The number of sulfonamides is 1. The van der Waals surface area contributed by atoms with Crippen molar-refractivity contribution in [1.82, 2.24) is 4.90 Å². The number of carbonyl (C=O) groups excluding carboxylic acids is 2. The van der Waals surface area contributed by atoms with Gasteiger partial charge in [0.1, 0.15) is 0 Å². The fraction of sp³-hybridized carbons (Fsp3) is 0.444. The molecule has 1 aromatic carbocycles. The first-order valence-electron chi connectivity index (χ1n) is 8.54. The summed E-state index contributed by atoms with van der Waals surface area (Å²) in [7, 11) is -3.44. The van der Waals surface area contributed by atoms with Crippen molar-refractivity contribution in [3.63, 3.8) is 0 Å². The molecule has 2 rings (SSSR count). The molecule has 1 aliphatic rings. The topological polar surface area (TPSA) is 92.8 Å². The van der Waals surface area contributed by atoms with E-state index in [1.165, 1.54) is 24.3 Å². The average molecular weight is 380 g/mol. The molecular weight excluding hydrogens is 356 g/mol. The van der Waals surface area contributed by atoms with Crippen LogP contribution in [0.3, 0.4) is 0 Å². The molecule has 0 fully saturated rings. The lowest BCUT2D eigenvalue weighted by atomic mass is 10.0. The molecule has 1 aliphatic carbocycles. The SMILES string of the molecule is CCN(C(=O)COC(=O)c1cccc(NS(C)(=O)=O)c1)C1=CCCCC1. The summed E-state index contributed by atoms with van der Waals surface area (Å²) < 4.78 is 30.0. The van der Waals surface area contributed by atoms with Gasteiger partial charge in [-0.25, -0.2) is 13.2 Å². The van der Waals surface area contributed by atoms with Gasteiger partial charge >= 0.3 is 5.97 Å². The summed E-state index contributed by atoms with van der Waals surface area (Å²) in [6, 6.07) is 5.94. The Labute approximate surface area is 154 Å². The summed E-state index contributed by atoms with van der Waals surface area (Å²) in [4.78, 5) is 26.2. The fourth-order valence-electron chi connectivity index (χ4n) is 2.82. The molecule has 8 heteroatoms. The number of hydrogen-bond acceptors (Lipinski definition) is 5. The van der Waals surface area contributed by atoms with Crippen molar-refractivity contribution in [3.05, 3.63) is 41.6 Å². The van der Waals surface area contributed by atoms with E-state index in [2.05, 4.69) is 10.8 Å². The van der Waals surface area contributed by atoms with Crippen molar-refractivity contribution in [3.8, 4) is 0 Å². The second-order valence-corrected chi connectivity index (χ2v) is 7.86. The number of ether oxygens (including phenoxy) is 1. The minimum absolute atomic E-state index is 0.173. The van der Waals surface area contributed by atoms with Crippen molar-refractivity contribution < 1.29 is 22.7 Å². The monoisotopic (exact) mass is 380 g/mol. The molecule has 1 amide bonds. The first-order chi connectivity index (χ1) is 12.3. The molecule has 26 heavy (non-hydrogen) atoms. The predicted octanol–water partition coefficient (Wildman–Crippen LogP) is 2.52. The van der Waals surface area contributed by atoms with E-state index in [4.69, 9.17) is 4.74 Å². The number of likely N-dealkylation sites (N-methyl/N-ethyl adjacent to an activating group) is 1. The van der Waals surface area contributed by atoms with Crippen LogP contribution in [0.15, 0.2) is 36.0 Å². The van der Waals surface area contributed by atoms with Crippen LogP contribution in [0.5, 0.6) is 0 Å². The van der Waals surface area contributed by atoms with Crippen LogP contribution in [0.4, 0.5) is 5.69 Å². The second kappa shape index (κ2) is 8.84. The molecule has 0 aromatic heterocycles. The normalized spacial score (nSPS) is 14.3. The molecule has 0 unspecified atom stereocenters. The summed E-state index contributed by atoms with van der Waals surface area (Å²) >= 11 is 0. The van der Waals surface area contributed by atoms with E-state index >= 15 is 0 Å². The van der Waals surface area contributed by atoms with E-state index < -0.39 is 16.0 Å². The largest absolute Gasteiger partial charge is 0.452 e. The maximum absolute atomic E-state index is 12.4. The summed E-state index contributed by atoms with van der Waals surface area (Å²) in [6.07, 6.45) is 7.08. The third-order valence-electron chi connectivity index (χ3n) is 3.96. The summed E-state index contributed by atoms with van der Waals surface area (Å²) in [5.74, 6) is -0.941. The Morgan fingerprint density at radius 3 is 2.65 bits per heavy atom. The minimum Gasteiger partial charge on any atom is -0.452 e. The molecule has 7 nitrogen and oxygen atoms in total. The number of esters is 1. The van der Waals surface area contributed by atoms with E-state index in [1.807, 2.05) is 6.92 Å². The summed E-state index contributed by atoms with van der Waals surface area (Å²) in [5, 5.41) is 0. The molecule has 0 radical (unpaired) electrons. The lowest BCUT2D eigenvalue weighted by molar-refractivity contribution is -0.132. The van der Waals surface area contributed by atoms with Crippen molar-refractivity contribution in [2.24, 2.45) is 0 Å². The van der Waals surface area contributed by atoms with E-state index in [1.54, 1.807) is 4.90 Å². The Morgan fingerprint density at radius 1 is 1.27 bits per heavy atom. The van der Waals surface area contributed by atoms with Crippen LogP contribution in [-0.2, 0) is 19.6 Å². The lowest BCUT2D eigenvalue weighted by Gasteiger charge is -2.26. The van der Waals surface area contributed by atoms with Gasteiger partial charge in [0, 0.05) is 17.9 Å². The van der Waals surface area contributed by atoms with Gasteiger partial charge < -0.3 is 9.64 Å². The minimum atomic E-state index is -3.44. The quantitative estimate of drug-likeness (QED) is 0.734. The number of benzene rings is 1. The standard InChI is InChI=1S/C18H24N2O5S/c1-3-20(16-10-5-4-6-11-16)17(21)13-25-18(22)14-8-7-9-15(12-14)19-26(2,23)24/h7-10,12,19H,3-6,11,13H2,1-2H3. The number of hydrogen-bond donors (Lipinski definition) is 1. The first kappa shape index (κ1) is 20.0. The molecular formula is C18H24N2O5S. The Bertz CT molecular complexity index is 802. The Balaban J connectivity index is 1.98. The lowest BCUT2D eigenvalue weighted by Crippen LogP contribution is -2.34. The van der Waals surface area contributed by atoms with Crippen LogP contribution in [0, 0.1) is 0 Å². The zero-order valence-electron chi connectivity index (χ0n) is 15.0. The van der Waals surface area contributed by atoms with Crippen LogP contribution in [0.1, 0.15) is 43.0 Å². The second-order valence-electron chi connectivity index (χ2n) is 6.11. The van der Waals surface area contributed by atoms with E-state index in [0.717, 1.165) is 37.6 Å². The average Bonchev–Trinajstić information content (AvgIpc) is 2.60. The summed E-state index contributed by atoms with van der Waals surface area (Å²) in [5.41, 5.74) is 1.42. The molecule has 0 spiro atoms. The highest BCUT2D eigenvalue weighted by atomic mass is 32.2. The van der Waals surface area contributed by atoms with Gasteiger partial charge in [-0.3, -0.25) is 9.52 Å².